The van der Waals surface area contributed by atoms with Crippen LogP contribution < -0.4 is 10.2 Å². The minimum absolute atomic E-state index is 0.285. The molecule has 4 nitrogen and oxygen atoms in total. The third-order valence-electron chi connectivity index (χ3n) is 5.42. The lowest BCUT2D eigenvalue weighted by Crippen LogP contribution is -2.43. The van der Waals surface area contributed by atoms with E-state index in [1.54, 1.807) is 12.3 Å². The highest BCUT2D eigenvalue weighted by Gasteiger charge is 2.30. The molecule has 3 aromatic rings. The van der Waals surface area contributed by atoms with Crippen LogP contribution in [0.1, 0.15) is 24.0 Å². The largest absolute Gasteiger partial charge is 0.416 e. The maximum Gasteiger partial charge on any atom is 0.416 e. The number of benzene rings is 2. The normalized spacial score (nSPS) is 15.1. The number of hydrogen-bond acceptors (Lipinski definition) is 4. The minimum atomic E-state index is -4.36. The molecule has 162 valence electrons. The maximum atomic E-state index is 12.9. The van der Waals surface area contributed by atoms with Crippen molar-refractivity contribution in [2.75, 3.05) is 18.0 Å². The van der Waals surface area contributed by atoms with E-state index < -0.39 is 11.7 Å². The summed E-state index contributed by atoms with van der Waals surface area (Å²) >= 11 is 3.47. The maximum absolute atomic E-state index is 12.9. The number of hydrogen-bond donors (Lipinski definition) is 1. The monoisotopic (exact) mass is 490 g/mol. The number of aromatic nitrogens is 2. The molecule has 0 atom stereocenters. The highest BCUT2D eigenvalue weighted by Crippen LogP contribution is 2.31. The Balaban J connectivity index is 1.64. The molecule has 0 saturated carbocycles. The van der Waals surface area contributed by atoms with Gasteiger partial charge in [0.05, 0.1) is 11.3 Å². The molecule has 1 aliphatic rings. The molecular weight excluding hydrogens is 469 g/mol. The first-order chi connectivity index (χ1) is 14.9. The van der Waals surface area contributed by atoms with Crippen molar-refractivity contribution in [2.45, 2.75) is 31.6 Å². The highest BCUT2D eigenvalue weighted by atomic mass is 79.9. The zero-order chi connectivity index (χ0) is 21.8. The van der Waals surface area contributed by atoms with Crippen LogP contribution in [-0.4, -0.2) is 29.1 Å². The van der Waals surface area contributed by atoms with Gasteiger partial charge >= 0.3 is 6.18 Å². The van der Waals surface area contributed by atoms with Gasteiger partial charge in [0.1, 0.15) is 0 Å². The van der Waals surface area contributed by atoms with Crippen LogP contribution in [0.25, 0.3) is 11.3 Å². The average molecular weight is 491 g/mol. The van der Waals surface area contributed by atoms with Gasteiger partial charge in [0, 0.05) is 28.8 Å². The minimum Gasteiger partial charge on any atom is -0.333 e. The molecule has 0 unspecified atom stereocenters. The first-order valence-electron chi connectivity index (χ1n) is 10.1. The second-order valence-corrected chi connectivity index (χ2v) is 8.47. The Kier molecular flexibility index (Phi) is 6.57. The highest BCUT2D eigenvalue weighted by molar-refractivity contribution is 9.10. The van der Waals surface area contributed by atoms with E-state index in [2.05, 4.69) is 43.3 Å². The summed E-state index contributed by atoms with van der Waals surface area (Å²) in [7, 11) is 0. The molecule has 1 N–H and O–H groups in total. The van der Waals surface area contributed by atoms with Crippen LogP contribution in [0.5, 0.6) is 0 Å². The van der Waals surface area contributed by atoms with Crippen LogP contribution in [0.4, 0.5) is 19.1 Å². The van der Waals surface area contributed by atoms with Gasteiger partial charge in [-0.1, -0.05) is 40.2 Å². The molecule has 31 heavy (non-hydrogen) atoms. The third-order valence-corrected chi connectivity index (χ3v) is 5.95. The number of piperidine rings is 1. The SMILES string of the molecule is FC(F)(F)c1ccc(-c2ccnc(N(Cc3ccc(Br)cc3)C3CCNCC3)n2)cc1. The van der Waals surface area contributed by atoms with Crippen LogP contribution in [0.15, 0.2) is 65.3 Å². The Hall–Kier alpha value is -2.45. The van der Waals surface area contributed by atoms with Crippen LogP contribution in [0.2, 0.25) is 0 Å². The molecule has 4 rings (SSSR count). The topological polar surface area (TPSA) is 41.1 Å². The van der Waals surface area contributed by atoms with Gasteiger partial charge in [-0.25, -0.2) is 9.97 Å². The molecule has 0 amide bonds. The van der Waals surface area contributed by atoms with Crippen LogP contribution in [0, 0.1) is 0 Å². The molecule has 0 spiro atoms. The molecule has 0 bridgehead atoms. The van der Waals surface area contributed by atoms with Gasteiger partial charge in [-0.15, -0.1) is 0 Å². The lowest BCUT2D eigenvalue weighted by Gasteiger charge is -2.35. The number of anilines is 1. The van der Waals surface area contributed by atoms with Gasteiger partial charge in [0.25, 0.3) is 0 Å². The Labute approximate surface area is 187 Å². The quantitative estimate of drug-likeness (QED) is 0.499. The molecule has 0 aliphatic carbocycles. The van der Waals surface area contributed by atoms with Crippen molar-refractivity contribution in [1.29, 1.82) is 0 Å². The summed E-state index contributed by atoms with van der Waals surface area (Å²) in [6.45, 7) is 2.52. The second-order valence-electron chi connectivity index (χ2n) is 7.55. The van der Waals surface area contributed by atoms with Crippen molar-refractivity contribution in [3.05, 3.63) is 76.4 Å². The lowest BCUT2D eigenvalue weighted by molar-refractivity contribution is -0.137. The van der Waals surface area contributed by atoms with Gasteiger partial charge in [-0.05, 0) is 61.8 Å². The lowest BCUT2D eigenvalue weighted by atomic mass is 10.0. The summed E-state index contributed by atoms with van der Waals surface area (Å²) < 4.78 is 39.7. The Bertz CT molecular complexity index is 1000. The summed E-state index contributed by atoms with van der Waals surface area (Å²) in [6.07, 6.45) is -0.731. The number of alkyl halides is 3. The predicted molar refractivity (Wildman–Crippen MR) is 119 cm³/mol. The van der Waals surface area contributed by atoms with Gasteiger partial charge < -0.3 is 10.2 Å². The Morgan fingerprint density at radius 1 is 0.968 bits per heavy atom. The fourth-order valence-corrected chi connectivity index (χ4v) is 4.01. The Morgan fingerprint density at radius 3 is 2.29 bits per heavy atom. The molecule has 1 aromatic heterocycles. The van der Waals surface area contributed by atoms with Crippen molar-refractivity contribution in [2.24, 2.45) is 0 Å². The number of nitrogens with one attached hydrogen (secondary N) is 1. The molecule has 1 fully saturated rings. The molecule has 2 heterocycles. The van der Waals surface area contributed by atoms with E-state index in [1.165, 1.54) is 12.1 Å². The zero-order valence-corrected chi connectivity index (χ0v) is 18.3. The third kappa shape index (κ3) is 5.43. The van der Waals surface area contributed by atoms with Gasteiger partial charge in [-0.2, -0.15) is 13.2 Å². The summed E-state index contributed by atoms with van der Waals surface area (Å²) in [5.74, 6) is 0.590. The average Bonchev–Trinajstić information content (AvgIpc) is 2.79. The summed E-state index contributed by atoms with van der Waals surface area (Å²) in [6, 6.07) is 15.3. The fraction of sp³-hybridized carbons (Fsp3) is 0.304. The van der Waals surface area contributed by atoms with E-state index in [0.717, 1.165) is 48.1 Å². The van der Waals surface area contributed by atoms with Crippen molar-refractivity contribution in [3.8, 4) is 11.3 Å². The molecule has 1 saturated heterocycles. The number of rotatable bonds is 5. The van der Waals surface area contributed by atoms with Crippen LogP contribution >= 0.6 is 15.9 Å². The predicted octanol–water partition coefficient (Wildman–Crippen LogP) is 5.68. The number of nitrogens with zero attached hydrogens (tertiary/aromatic N) is 3. The molecular formula is C23H22BrF3N4. The van der Waals surface area contributed by atoms with Crippen LogP contribution in [0.3, 0.4) is 0 Å². The van der Waals surface area contributed by atoms with E-state index >= 15 is 0 Å². The van der Waals surface area contributed by atoms with E-state index in [-0.39, 0.29) is 6.04 Å². The molecule has 1 aliphatic heterocycles. The first kappa shape index (κ1) is 21.8. The first-order valence-corrected chi connectivity index (χ1v) is 10.9. The summed E-state index contributed by atoms with van der Waals surface area (Å²) in [5, 5.41) is 3.38. The van der Waals surface area contributed by atoms with Gasteiger partial charge in [0.15, 0.2) is 0 Å². The van der Waals surface area contributed by atoms with Crippen molar-refractivity contribution in [3.63, 3.8) is 0 Å². The van der Waals surface area contributed by atoms with Gasteiger partial charge in [-0.3, -0.25) is 0 Å². The van der Waals surface area contributed by atoms with E-state index in [9.17, 15) is 13.2 Å². The molecule has 0 radical (unpaired) electrons. The summed E-state index contributed by atoms with van der Waals surface area (Å²) in [4.78, 5) is 11.5. The number of halogens is 4. The molecule has 8 heteroatoms. The molecule has 2 aromatic carbocycles. The Morgan fingerprint density at radius 2 is 1.65 bits per heavy atom. The second kappa shape index (κ2) is 9.36. The standard InChI is InChI=1S/C23H22BrF3N4/c24-19-7-1-16(2-8-19)15-31(20-9-12-28-13-10-20)22-29-14-11-21(30-22)17-3-5-18(6-4-17)23(25,26)27/h1-8,11,14,20,28H,9-10,12-13,15H2. The van der Waals surface area contributed by atoms with Crippen molar-refractivity contribution in [1.82, 2.24) is 15.3 Å². The van der Waals surface area contributed by atoms with Gasteiger partial charge in [0.2, 0.25) is 5.95 Å². The fourth-order valence-electron chi connectivity index (χ4n) is 3.75. The van der Waals surface area contributed by atoms with E-state index in [1.807, 2.05) is 12.1 Å². The zero-order valence-electron chi connectivity index (χ0n) is 16.7. The van der Waals surface area contributed by atoms with Crippen LogP contribution in [-0.2, 0) is 12.7 Å². The van der Waals surface area contributed by atoms with Crippen molar-refractivity contribution < 1.29 is 13.2 Å². The summed E-state index contributed by atoms with van der Waals surface area (Å²) in [5.41, 5.74) is 1.71. The smallest absolute Gasteiger partial charge is 0.333 e. The van der Waals surface area contributed by atoms with Crippen molar-refractivity contribution >= 4 is 21.9 Å². The van der Waals surface area contributed by atoms with E-state index in [4.69, 9.17) is 4.98 Å². The van der Waals surface area contributed by atoms with E-state index in [0.29, 0.717) is 23.8 Å².